The number of carboxylic acids is 1. The van der Waals surface area contributed by atoms with E-state index in [0.717, 1.165) is 29.7 Å². The van der Waals surface area contributed by atoms with Crippen LogP contribution in [0.3, 0.4) is 0 Å². The molecule has 2 aromatic heterocycles. The van der Waals surface area contributed by atoms with Gasteiger partial charge in [-0.15, -0.1) is 11.3 Å². The van der Waals surface area contributed by atoms with E-state index in [1.807, 2.05) is 0 Å². The van der Waals surface area contributed by atoms with Gasteiger partial charge in [0, 0.05) is 4.88 Å². The van der Waals surface area contributed by atoms with Gasteiger partial charge < -0.3 is 5.11 Å². The van der Waals surface area contributed by atoms with Crippen molar-refractivity contribution in [2.75, 3.05) is 0 Å². The molecule has 1 aliphatic rings. The Morgan fingerprint density at radius 1 is 1.62 bits per heavy atom. The molecule has 0 fully saturated rings. The fraction of sp³-hybridized carbons (Fsp3) is 0.533. The highest BCUT2D eigenvalue weighted by Crippen LogP contribution is 2.35. The number of carboxylic acid groups (broad SMARTS) is 1. The second kappa shape index (κ2) is 5.26. The number of carbonyl (C=O) groups is 1. The SMILES string of the molecule is CC[C@@H](C(=O)O)n1cnc2sc3c(c2c1=O)CC[C@@H](C)C3. The minimum Gasteiger partial charge on any atom is -0.480 e. The highest BCUT2D eigenvalue weighted by molar-refractivity contribution is 7.18. The van der Waals surface area contributed by atoms with Crippen molar-refractivity contribution >= 4 is 27.5 Å². The Kier molecular flexibility index (Phi) is 3.57. The average Bonchev–Trinajstić information content (AvgIpc) is 2.79. The van der Waals surface area contributed by atoms with Crippen LogP contribution in [0.25, 0.3) is 10.2 Å². The van der Waals surface area contributed by atoms with Gasteiger partial charge >= 0.3 is 5.97 Å². The second-order valence-electron chi connectivity index (χ2n) is 5.75. The molecule has 0 radical (unpaired) electrons. The monoisotopic (exact) mass is 306 g/mol. The van der Waals surface area contributed by atoms with Crippen molar-refractivity contribution in [3.05, 3.63) is 27.1 Å². The predicted molar refractivity (Wildman–Crippen MR) is 82.0 cm³/mol. The van der Waals surface area contributed by atoms with Crippen LogP contribution in [0, 0.1) is 5.92 Å². The first-order valence-corrected chi connectivity index (χ1v) is 8.08. The van der Waals surface area contributed by atoms with E-state index in [0.29, 0.717) is 17.7 Å². The number of thiophene rings is 1. The van der Waals surface area contributed by atoms with Crippen LogP contribution in [0.2, 0.25) is 0 Å². The maximum Gasteiger partial charge on any atom is 0.326 e. The lowest BCUT2D eigenvalue weighted by Crippen LogP contribution is -2.30. The standard InChI is InChI=1S/C15H18N2O3S/c1-3-10(15(19)20)17-7-16-13-12(14(17)18)9-5-4-8(2)6-11(9)21-13/h7-8,10H,3-6H2,1-2H3,(H,19,20)/t8-,10+/m1/s1. The highest BCUT2D eigenvalue weighted by Gasteiger charge is 2.25. The first-order chi connectivity index (χ1) is 10.0. The lowest BCUT2D eigenvalue weighted by atomic mass is 9.89. The summed E-state index contributed by atoms with van der Waals surface area (Å²) in [5, 5.41) is 9.90. The van der Waals surface area contributed by atoms with Gasteiger partial charge in [-0.2, -0.15) is 0 Å². The van der Waals surface area contributed by atoms with Gasteiger partial charge in [0.2, 0.25) is 0 Å². The number of hydrogen-bond acceptors (Lipinski definition) is 4. The van der Waals surface area contributed by atoms with Gasteiger partial charge in [0.05, 0.1) is 11.7 Å². The van der Waals surface area contributed by atoms with E-state index in [4.69, 9.17) is 0 Å². The summed E-state index contributed by atoms with van der Waals surface area (Å²) in [6, 6.07) is -0.840. The van der Waals surface area contributed by atoms with E-state index in [2.05, 4.69) is 11.9 Å². The largest absolute Gasteiger partial charge is 0.480 e. The molecular formula is C15H18N2O3S. The summed E-state index contributed by atoms with van der Waals surface area (Å²) in [6.07, 6.45) is 4.71. The number of aromatic nitrogens is 2. The van der Waals surface area contributed by atoms with E-state index >= 15 is 0 Å². The molecule has 21 heavy (non-hydrogen) atoms. The van der Waals surface area contributed by atoms with Gasteiger partial charge in [-0.25, -0.2) is 9.78 Å². The van der Waals surface area contributed by atoms with Crippen LogP contribution in [-0.2, 0) is 17.6 Å². The molecule has 0 saturated carbocycles. The third kappa shape index (κ3) is 2.27. The molecule has 1 aliphatic carbocycles. The fourth-order valence-corrected chi connectivity index (χ4v) is 4.40. The van der Waals surface area contributed by atoms with E-state index in [-0.39, 0.29) is 5.56 Å². The van der Waals surface area contributed by atoms with Crippen LogP contribution in [0.5, 0.6) is 0 Å². The van der Waals surface area contributed by atoms with Crippen molar-refractivity contribution in [3.63, 3.8) is 0 Å². The Bertz CT molecular complexity index is 762. The van der Waals surface area contributed by atoms with Crippen molar-refractivity contribution < 1.29 is 9.90 Å². The zero-order valence-corrected chi connectivity index (χ0v) is 12.9. The van der Waals surface area contributed by atoms with Gasteiger partial charge in [0.25, 0.3) is 5.56 Å². The molecule has 5 nitrogen and oxygen atoms in total. The molecule has 2 aromatic rings. The summed E-state index contributed by atoms with van der Waals surface area (Å²) >= 11 is 1.58. The van der Waals surface area contributed by atoms with Crippen molar-refractivity contribution in [2.45, 2.75) is 45.6 Å². The quantitative estimate of drug-likeness (QED) is 0.946. The Morgan fingerprint density at radius 3 is 3.05 bits per heavy atom. The molecule has 2 atom stereocenters. The van der Waals surface area contributed by atoms with Crippen molar-refractivity contribution in [2.24, 2.45) is 5.92 Å². The zero-order chi connectivity index (χ0) is 15.1. The molecule has 0 bridgehead atoms. The Morgan fingerprint density at radius 2 is 2.38 bits per heavy atom. The van der Waals surface area contributed by atoms with E-state index in [1.165, 1.54) is 15.8 Å². The average molecular weight is 306 g/mol. The molecule has 112 valence electrons. The maximum absolute atomic E-state index is 12.7. The molecule has 2 heterocycles. The van der Waals surface area contributed by atoms with Crippen LogP contribution in [0.15, 0.2) is 11.1 Å². The summed E-state index contributed by atoms with van der Waals surface area (Å²) in [5.41, 5.74) is 0.890. The van der Waals surface area contributed by atoms with Crippen LogP contribution < -0.4 is 5.56 Å². The number of nitrogens with zero attached hydrogens (tertiary/aromatic N) is 2. The van der Waals surface area contributed by atoms with Crippen molar-refractivity contribution in [3.8, 4) is 0 Å². The van der Waals surface area contributed by atoms with Crippen LogP contribution in [-0.4, -0.2) is 20.6 Å². The van der Waals surface area contributed by atoms with E-state index in [1.54, 1.807) is 18.3 Å². The molecule has 0 spiro atoms. The normalized spacial score (nSPS) is 19.4. The second-order valence-corrected chi connectivity index (χ2v) is 6.83. The summed E-state index contributed by atoms with van der Waals surface area (Å²) < 4.78 is 1.27. The topological polar surface area (TPSA) is 72.2 Å². The van der Waals surface area contributed by atoms with Gasteiger partial charge in [-0.3, -0.25) is 9.36 Å². The first kappa shape index (κ1) is 14.3. The van der Waals surface area contributed by atoms with Gasteiger partial charge in [0.15, 0.2) is 0 Å². The molecule has 1 N–H and O–H groups in total. The minimum atomic E-state index is -0.988. The summed E-state index contributed by atoms with van der Waals surface area (Å²) in [4.78, 5) is 30.4. The smallest absolute Gasteiger partial charge is 0.326 e. The van der Waals surface area contributed by atoms with Gasteiger partial charge in [0.1, 0.15) is 10.9 Å². The predicted octanol–water partition coefficient (Wildman–Crippen LogP) is 2.62. The molecule has 0 amide bonds. The summed E-state index contributed by atoms with van der Waals surface area (Å²) in [7, 11) is 0. The number of rotatable bonds is 3. The number of aliphatic carboxylic acids is 1. The molecule has 0 aliphatic heterocycles. The van der Waals surface area contributed by atoms with Gasteiger partial charge in [-0.05, 0) is 37.2 Å². The minimum absolute atomic E-state index is 0.207. The highest BCUT2D eigenvalue weighted by atomic mass is 32.1. The lowest BCUT2D eigenvalue weighted by molar-refractivity contribution is -0.141. The molecule has 0 aromatic carbocycles. The number of aryl methyl sites for hydroxylation is 1. The fourth-order valence-electron chi connectivity index (χ4n) is 3.06. The summed E-state index contributed by atoms with van der Waals surface area (Å²) in [5.74, 6) is -0.353. The lowest BCUT2D eigenvalue weighted by Gasteiger charge is -2.18. The Labute approximate surface area is 126 Å². The molecule has 6 heteroatoms. The van der Waals surface area contributed by atoms with E-state index < -0.39 is 12.0 Å². The summed E-state index contributed by atoms with van der Waals surface area (Å²) in [6.45, 7) is 3.98. The van der Waals surface area contributed by atoms with Crippen LogP contribution in [0.1, 0.15) is 43.2 Å². The number of hydrogen-bond donors (Lipinski definition) is 1. The van der Waals surface area contributed by atoms with Crippen LogP contribution >= 0.6 is 11.3 Å². The maximum atomic E-state index is 12.7. The molecule has 3 rings (SSSR count). The first-order valence-electron chi connectivity index (χ1n) is 7.27. The zero-order valence-electron chi connectivity index (χ0n) is 12.1. The van der Waals surface area contributed by atoms with Crippen molar-refractivity contribution in [1.82, 2.24) is 9.55 Å². The van der Waals surface area contributed by atoms with Crippen molar-refractivity contribution in [1.29, 1.82) is 0 Å². The Balaban J connectivity index is 2.21. The molecular weight excluding hydrogens is 288 g/mol. The Hall–Kier alpha value is -1.69. The van der Waals surface area contributed by atoms with Crippen LogP contribution in [0.4, 0.5) is 0 Å². The number of fused-ring (bicyclic) bond motifs is 3. The molecule has 0 saturated heterocycles. The third-order valence-corrected chi connectivity index (χ3v) is 5.41. The third-order valence-electron chi connectivity index (χ3n) is 4.25. The van der Waals surface area contributed by atoms with Gasteiger partial charge in [-0.1, -0.05) is 13.8 Å². The van der Waals surface area contributed by atoms with E-state index in [9.17, 15) is 14.7 Å². The molecule has 0 unspecified atom stereocenters.